The number of benzene rings is 2. The summed E-state index contributed by atoms with van der Waals surface area (Å²) in [6.07, 6.45) is 39.2. The fourth-order valence-electron chi connectivity index (χ4n) is 10.1. The summed E-state index contributed by atoms with van der Waals surface area (Å²) in [6, 6.07) is 12.8. The van der Waals surface area contributed by atoms with Gasteiger partial charge in [-0.2, -0.15) is 0 Å². The van der Waals surface area contributed by atoms with Crippen LogP contribution in [0.5, 0.6) is 11.5 Å². The molecule has 0 aromatic heterocycles. The molecule has 2 aromatic carbocycles. The maximum atomic E-state index is 10.7. The molecule has 0 amide bonds. The van der Waals surface area contributed by atoms with Crippen LogP contribution < -0.4 is 16.0 Å². The first-order valence-corrected chi connectivity index (χ1v) is 33.6. The number of nitrogens with one attached hydrogen (secondary N) is 3. The van der Waals surface area contributed by atoms with E-state index in [2.05, 4.69) is 123 Å². The zero-order chi connectivity index (χ0) is 49.2. The van der Waals surface area contributed by atoms with Gasteiger partial charge in [0.25, 0.3) is 0 Å². The van der Waals surface area contributed by atoms with Crippen LogP contribution in [0.3, 0.4) is 0 Å². The predicted octanol–water partition coefficient (Wildman–Crippen LogP) is 15.3. The Hall–Kier alpha value is -2.25. The van der Waals surface area contributed by atoms with Gasteiger partial charge >= 0.3 is 0 Å². The van der Waals surface area contributed by atoms with Crippen molar-refractivity contribution in [2.45, 2.75) is 225 Å². The first-order valence-electron chi connectivity index (χ1n) is 27.6. The highest BCUT2D eigenvalue weighted by atomic mass is 28.4. The van der Waals surface area contributed by atoms with Crippen LogP contribution in [0.2, 0.25) is 37.3 Å². The highest BCUT2D eigenvalue weighted by Gasteiger charge is 2.42. The monoisotopic (exact) mass is 963 g/mol. The van der Waals surface area contributed by atoms with E-state index in [1.54, 1.807) is 0 Å². The molecule has 0 aliphatic rings. The zero-order valence-corrected chi connectivity index (χ0v) is 47.3. The number of nitrogens with zero attached hydrogens (tertiary/aromatic N) is 1. The van der Waals surface area contributed by atoms with Crippen LogP contribution >= 0.6 is 0 Å². The van der Waals surface area contributed by atoms with Gasteiger partial charge in [-0.3, -0.25) is 0 Å². The first kappa shape index (κ1) is 60.9. The van der Waals surface area contributed by atoms with Gasteiger partial charge in [0.05, 0.1) is 0 Å². The van der Waals surface area contributed by atoms with Crippen molar-refractivity contribution in [3.63, 3.8) is 0 Å². The second-order valence-electron chi connectivity index (χ2n) is 21.2. The van der Waals surface area contributed by atoms with E-state index in [0.717, 1.165) is 80.6 Å². The fraction of sp³-hybridized carbons (Fsp3) is 0.724. The summed E-state index contributed by atoms with van der Waals surface area (Å²) >= 11 is 0. The van der Waals surface area contributed by atoms with E-state index in [0.29, 0.717) is 11.5 Å². The van der Waals surface area contributed by atoms with Crippen molar-refractivity contribution in [2.75, 3.05) is 47.3 Å². The van der Waals surface area contributed by atoms with E-state index in [-0.39, 0.29) is 6.04 Å². The summed E-state index contributed by atoms with van der Waals surface area (Å²) in [5.41, 5.74) is 5.97. The van der Waals surface area contributed by atoms with Crippen LogP contribution in [0.4, 0.5) is 0 Å². The number of phenolic OH excluding ortho intramolecular Hbond substituents is 2. The molecular formula is C58H106N4O3Si2. The lowest BCUT2D eigenvalue weighted by molar-refractivity contribution is 0.315. The lowest BCUT2D eigenvalue weighted by Gasteiger charge is -2.43. The van der Waals surface area contributed by atoms with Crippen molar-refractivity contribution in [3.8, 4) is 11.5 Å². The van der Waals surface area contributed by atoms with E-state index in [1.165, 1.54) is 140 Å². The molecule has 7 nitrogen and oxygen atoms in total. The largest absolute Gasteiger partial charge is 0.508 e. The Labute approximate surface area is 416 Å². The molecule has 0 saturated heterocycles. The highest BCUT2D eigenvalue weighted by molar-refractivity contribution is 6.86. The summed E-state index contributed by atoms with van der Waals surface area (Å²) in [5.74, 6) is 0.873. The van der Waals surface area contributed by atoms with Gasteiger partial charge in [-0.15, -0.1) is 0 Å². The molecule has 0 radical (unpaired) electrons. The minimum absolute atomic E-state index is 0.159. The van der Waals surface area contributed by atoms with E-state index >= 15 is 0 Å². The number of rotatable bonds is 42. The predicted molar refractivity (Wildman–Crippen MR) is 299 cm³/mol. The van der Waals surface area contributed by atoms with Gasteiger partial charge in [-0.25, -0.2) is 0 Å². The third-order valence-corrected chi connectivity index (χ3v) is 23.6. The third-order valence-electron chi connectivity index (χ3n) is 14.3. The molecule has 9 heteroatoms. The van der Waals surface area contributed by atoms with Crippen molar-refractivity contribution in [1.29, 1.82) is 0 Å². The maximum absolute atomic E-state index is 10.7. The molecule has 0 saturated carbocycles. The van der Waals surface area contributed by atoms with E-state index in [1.807, 2.05) is 26.2 Å². The molecule has 0 heterocycles. The van der Waals surface area contributed by atoms with Gasteiger partial charge in [0.15, 0.2) is 16.6 Å². The van der Waals surface area contributed by atoms with Gasteiger partial charge in [-0.1, -0.05) is 127 Å². The Kier molecular flexibility index (Phi) is 33.3. The number of hydrogen-bond acceptors (Lipinski definition) is 7. The van der Waals surface area contributed by atoms with E-state index < -0.39 is 16.6 Å². The molecule has 3 atom stereocenters. The van der Waals surface area contributed by atoms with Gasteiger partial charge in [0, 0.05) is 23.7 Å². The first-order chi connectivity index (χ1) is 32.3. The molecule has 0 aliphatic carbocycles. The second kappa shape index (κ2) is 36.7. The highest BCUT2D eigenvalue weighted by Crippen LogP contribution is 2.40. The molecule has 0 fully saturated rings. The average molecular weight is 964 g/mol. The van der Waals surface area contributed by atoms with Crippen molar-refractivity contribution in [1.82, 2.24) is 20.9 Å². The van der Waals surface area contributed by atoms with Crippen LogP contribution in [-0.2, 0) is 23.5 Å². The van der Waals surface area contributed by atoms with Crippen LogP contribution in [0, 0.1) is 0 Å². The normalized spacial score (nSPS) is 14.0. The van der Waals surface area contributed by atoms with E-state index in [9.17, 15) is 10.2 Å². The Balaban J connectivity index is 1.63. The number of unbranched alkanes of at least 4 members (excludes halogenated alkanes) is 10. The lowest BCUT2D eigenvalue weighted by atomic mass is 10.0. The third kappa shape index (κ3) is 27.1. The standard InChI is InChI=1S/C58H106N4O3Si2/c1-11-33-54(37-29-25-21-17-13-15-19-23-27-35-51-39-41-53(57(63)47-51)49-62(6)46-32-44-60-5)66(7,8)65-67(9,10)55(34-12-2)38-30-26-22-18-14-16-20-24-28-36-52-40-42-56(58(64)48-52)50(3)61-45-31-43-59-4/h21-22,25-26,39-42,47-48,50,54-55,59-61,63-64H,11-20,23-24,27-38,43-46,49H2,1-10H3/b25-21-,26-22+. The SMILES string of the molecule is CCCC(CC/C=C\CCCCCCCc1ccc(CN(C)CCCNC)c(O)c1)[Si](C)(C)O[Si](C)(C)C(CCC)CC/C=C/CCCCCCCc1ccc(C(C)NCCCNC)c(O)c1. The summed E-state index contributed by atoms with van der Waals surface area (Å²) in [7, 11) is 2.39. The van der Waals surface area contributed by atoms with Crippen molar-refractivity contribution >= 4 is 16.6 Å². The fourth-order valence-corrected chi connectivity index (χ4v) is 20.6. The second-order valence-corrected chi connectivity index (χ2v) is 30.0. The Morgan fingerprint density at radius 1 is 0.582 bits per heavy atom. The maximum Gasteiger partial charge on any atom is 0.176 e. The quantitative estimate of drug-likeness (QED) is 0.0257. The van der Waals surface area contributed by atoms with Gasteiger partial charge in [-0.05, 0) is 205 Å². The van der Waals surface area contributed by atoms with Crippen molar-refractivity contribution in [3.05, 3.63) is 83.0 Å². The average Bonchev–Trinajstić information content (AvgIpc) is 3.28. The molecule has 2 rings (SSSR count). The van der Waals surface area contributed by atoms with Crippen LogP contribution in [0.1, 0.15) is 190 Å². The minimum atomic E-state index is -1.86. The molecular weight excluding hydrogens is 857 g/mol. The molecule has 0 bridgehead atoms. The van der Waals surface area contributed by atoms with Gasteiger partial charge < -0.3 is 35.2 Å². The molecule has 2 aromatic rings. The molecule has 0 aliphatic heterocycles. The summed E-state index contributed by atoms with van der Waals surface area (Å²) in [4.78, 5) is 2.28. The zero-order valence-electron chi connectivity index (χ0n) is 45.3. The summed E-state index contributed by atoms with van der Waals surface area (Å²) < 4.78 is 7.47. The molecule has 67 heavy (non-hydrogen) atoms. The number of aryl methyl sites for hydroxylation is 2. The van der Waals surface area contributed by atoms with Crippen LogP contribution in [-0.4, -0.2) is 79.1 Å². The van der Waals surface area contributed by atoms with Crippen molar-refractivity contribution in [2.24, 2.45) is 0 Å². The molecule has 384 valence electrons. The van der Waals surface area contributed by atoms with Crippen molar-refractivity contribution < 1.29 is 14.3 Å². The Morgan fingerprint density at radius 3 is 1.57 bits per heavy atom. The number of aromatic hydroxyl groups is 2. The Morgan fingerprint density at radius 2 is 1.06 bits per heavy atom. The van der Waals surface area contributed by atoms with E-state index in [4.69, 9.17) is 4.12 Å². The lowest BCUT2D eigenvalue weighted by Crippen LogP contribution is -2.50. The molecule has 0 spiro atoms. The smallest absolute Gasteiger partial charge is 0.176 e. The number of allylic oxidation sites excluding steroid dienone is 4. The van der Waals surface area contributed by atoms with Crippen LogP contribution in [0.25, 0.3) is 0 Å². The minimum Gasteiger partial charge on any atom is -0.508 e. The van der Waals surface area contributed by atoms with Crippen LogP contribution in [0.15, 0.2) is 60.7 Å². The summed E-state index contributed by atoms with van der Waals surface area (Å²) in [5, 5.41) is 31.2. The molecule has 3 unspecified atom stereocenters. The van der Waals surface area contributed by atoms with Gasteiger partial charge in [0.2, 0.25) is 0 Å². The summed E-state index contributed by atoms with van der Waals surface area (Å²) in [6.45, 7) is 21.8. The molecule has 5 N–H and O–H groups in total. The Bertz CT molecular complexity index is 1600. The topological polar surface area (TPSA) is 89.0 Å². The number of hydrogen-bond donors (Lipinski definition) is 5. The van der Waals surface area contributed by atoms with Gasteiger partial charge in [0.1, 0.15) is 11.5 Å². The number of phenols is 2.